The molecule has 1 heterocycles. The van der Waals surface area contributed by atoms with E-state index < -0.39 is 17.6 Å². The lowest BCUT2D eigenvalue weighted by Crippen LogP contribution is -2.14. The number of rotatable bonds is 4. The Morgan fingerprint density at radius 3 is 2.46 bits per heavy atom. The predicted molar refractivity (Wildman–Crippen MR) is 100 cm³/mol. The molecule has 0 aliphatic carbocycles. The molecule has 4 nitrogen and oxygen atoms in total. The molecule has 1 N–H and O–H groups in total. The highest BCUT2D eigenvalue weighted by Gasteiger charge is 2.31. The molecule has 0 radical (unpaired) electrons. The number of hydrogen-bond acceptors (Lipinski definition) is 3. The number of amides is 1. The number of alkyl halides is 3. The fourth-order valence-electron chi connectivity index (χ4n) is 2.25. The van der Waals surface area contributed by atoms with Gasteiger partial charge in [0.05, 0.1) is 26.9 Å². The Bertz CT molecular complexity index is 1010. The number of nitrogens with one attached hydrogen (secondary N) is 1. The Balaban J connectivity index is 1.96. The zero-order valence-electron chi connectivity index (χ0n) is 13.9. The van der Waals surface area contributed by atoms with E-state index in [0.29, 0.717) is 5.02 Å². The molecule has 0 aliphatic heterocycles. The van der Waals surface area contributed by atoms with E-state index in [1.165, 1.54) is 42.7 Å². The van der Waals surface area contributed by atoms with Crippen molar-refractivity contribution < 1.29 is 22.7 Å². The molecule has 1 aromatic heterocycles. The Morgan fingerprint density at radius 2 is 1.82 bits per heavy atom. The fraction of sp³-hybridized carbons (Fsp3) is 0.0526. The van der Waals surface area contributed by atoms with Crippen LogP contribution in [-0.2, 0) is 6.18 Å². The molecule has 0 saturated carbocycles. The first-order valence-corrected chi connectivity index (χ1v) is 8.55. The van der Waals surface area contributed by atoms with Crippen LogP contribution in [0.5, 0.6) is 11.5 Å². The Kier molecular flexibility index (Phi) is 5.76. The summed E-state index contributed by atoms with van der Waals surface area (Å²) in [6.45, 7) is 0. The maximum Gasteiger partial charge on any atom is 0.416 e. The molecule has 0 spiro atoms. The SMILES string of the molecule is O=C(Nc1cc(C(F)(F)F)ccc1Oc1ccc(Cl)c(Cl)c1)c1cccnc1. The molecule has 9 heteroatoms. The number of halogens is 5. The van der Waals surface area contributed by atoms with Crippen molar-refractivity contribution in [3.63, 3.8) is 0 Å². The van der Waals surface area contributed by atoms with Gasteiger partial charge in [-0.3, -0.25) is 9.78 Å². The summed E-state index contributed by atoms with van der Waals surface area (Å²) in [5.41, 5.74) is -0.911. The highest BCUT2D eigenvalue weighted by atomic mass is 35.5. The Labute approximate surface area is 167 Å². The van der Waals surface area contributed by atoms with E-state index in [9.17, 15) is 18.0 Å². The first-order valence-electron chi connectivity index (χ1n) is 7.79. The van der Waals surface area contributed by atoms with Crippen molar-refractivity contribution in [2.75, 3.05) is 5.32 Å². The van der Waals surface area contributed by atoms with Crippen molar-refractivity contribution in [3.05, 3.63) is 82.1 Å². The summed E-state index contributed by atoms with van der Waals surface area (Å²) in [5.74, 6) is -0.388. The van der Waals surface area contributed by atoms with Crippen molar-refractivity contribution in [1.29, 1.82) is 0 Å². The fourth-order valence-corrected chi connectivity index (χ4v) is 2.54. The summed E-state index contributed by atoms with van der Waals surface area (Å²) in [7, 11) is 0. The third kappa shape index (κ3) is 4.74. The summed E-state index contributed by atoms with van der Waals surface area (Å²) < 4.78 is 44.9. The number of aromatic nitrogens is 1. The number of hydrogen-bond donors (Lipinski definition) is 1. The van der Waals surface area contributed by atoms with Crippen LogP contribution in [0.15, 0.2) is 60.9 Å². The van der Waals surface area contributed by atoms with Crippen LogP contribution in [0.3, 0.4) is 0 Å². The number of carbonyl (C=O) groups is 1. The van der Waals surface area contributed by atoms with Crippen molar-refractivity contribution >= 4 is 34.8 Å². The van der Waals surface area contributed by atoms with Crippen molar-refractivity contribution in [2.24, 2.45) is 0 Å². The van der Waals surface area contributed by atoms with Gasteiger partial charge in [-0.15, -0.1) is 0 Å². The van der Waals surface area contributed by atoms with E-state index >= 15 is 0 Å². The highest BCUT2D eigenvalue weighted by molar-refractivity contribution is 6.42. The van der Waals surface area contributed by atoms with Crippen molar-refractivity contribution in [3.8, 4) is 11.5 Å². The minimum Gasteiger partial charge on any atom is -0.455 e. The van der Waals surface area contributed by atoms with Gasteiger partial charge >= 0.3 is 6.18 Å². The quantitative estimate of drug-likeness (QED) is 0.521. The van der Waals surface area contributed by atoms with Gasteiger partial charge < -0.3 is 10.1 Å². The average molecular weight is 427 g/mol. The van der Waals surface area contributed by atoms with E-state index in [0.717, 1.165) is 18.2 Å². The lowest BCUT2D eigenvalue weighted by molar-refractivity contribution is -0.137. The van der Waals surface area contributed by atoms with Gasteiger partial charge in [-0.25, -0.2) is 0 Å². The Hall–Kier alpha value is -2.77. The first kappa shape index (κ1) is 20.0. The minimum absolute atomic E-state index is 0.00336. The van der Waals surface area contributed by atoms with Crippen LogP contribution in [0.2, 0.25) is 10.0 Å². The summed E-state index contributed by atoms with van der Waals surface area (Å²) >= 11 is 11.8. The van der Waals surface area contributed by atoms with Gasteiger partial charge in [-0.2, -0.15) is 13.2 Å². The molecule has 0 atom stereocenters. The first-order chi connectivity index (χ1) is 13.2. The molecule has 0 aliphatic rings. The normalized spacial score (nSPS) is 11.2. The third-order valence-corrected chi connectivity index (χ3v) is 4.34. The lowest BCUT2D eigenvalue weighted by Gasteiger charge is -2.15. The maximum absolute atomic E-state index is 13.1. The summed E-state index contributed by atoms with van der Waals surface area (Å²) in [5, 5.41) is 2.94. The zero-order chi connectivity index (χ0) is 20.3. The van der Waals surface area contributed by atoms with Crippen molar-refractivity contribution in [2.45, 2.75) is 6.18 Å². The van der Waals surface area contributed by atoms with E-state index in [-0.39, 0.29) is 27.8 Å². The van der Waals surface area contributed by atoms with Gasteiger partial charge in [0.15, 0.2) is 5.75 Å². The molecule has 3 rings (SSSR count). The molecule has 2 aromatic carbocycles. The van der Waals surface area contributed by atoms with E-state index in [1.54, 1.807) is 0 Å². The van der Waals surface area contributed by atoms with Gasteiger partial charge in [-0.1, -0.05) is 23.2 Å². The highest BCUT2D eigenvalue weighted by Crippen LogP contribution is 2.38. The number of benzene rings is 2. The van der Waals surface area contributed by atoms with Crippen LogP contribution in [0.4, 0.5) is 18.9 Å². The van der Waals surface area contributed by atoms with Crippen LogP contribution in [-0.4, -0.2) is 10.9 Å². The minimum atomic E-state index is -4.59. The molecule has 1 amide bonds. The van der Waals surface area contributed by atoms with Gasteiger partial charge in [0, 0.05) is 18.5 Å². The Morgan fingerprint density at radius 1 is 1.04 bits per heavy atom. The van der Waals surface area contributed by atoms with Gasteiger partial charge in [0.2, 0.25) is 0 Å². The van der Waals surface area contributed by atoms with Gasteiger partial charge in [0.25, 0.3) is 5.91 Å². The number of carbonyl (C=O) groups excluding carboxylic acids is 1. The summed E-state index contributed by atoms with van der Waals surface area (Å²) in [6, 6.07) is 10.2. The molecule has 0 unspecified atom stereocenters. The topological polar surface area (TPSA) is 51.2 Å². The van der Waals surface area contributed by atoms with Crippen LogP contribution >= 0.6 is 23.2 Å². The van der Waals surface area contributed by atoms with Crippen LogP contribution in [0.25, 0.3) is 0 Å². The molecular formula is C19H11Cl2F3N2O2. The molecule has 3 aromatic rings. The number of pyridine rings is 1. The summed E-state index contributed by atoms with van der Waals surface area (Å²) in [4.78, 5) is 16.2. The van der Waals surface area contributed by atoms with Crippen molar-refractivity contribution in [1.82, 2.24) is 4.98 Å². The molecule has 144 valence electrons. The molecule has 0 fully saturated rings. The van der Waals surface area contributed by atoms with Crippen LogP contribution in [0, 0.1) is 0 Å². The molecular weight excluding hydrogens is 416 g/mol. The van der Waals surface area contributed by atoms with E-state index in [4.69, 9.17) is 27.9 Å². The molecule has 0 bridgehead atoms. The second-order valence-corrected chi connectivity index (χ2v) is 6.40. The number of ether oxygens (including phenoxy) is 1. The second kappa shape index (κ2) is 8.08. The largest absolute Gasteiger partial charge is 0.455 e. The van der Waals surface area contributed by atoms with Crippen LogP contribution < -0.4 is 10.1 Å². The van der Waals surface area contributed by atoms with Gasteiger partial charge in [0.1, 0.15) is 5.75 Å². The molecule has 28 heavy (non-hydrogen) atoms. The number of anilines is 1. The smallest absolute Gasteiger partial charge is 0.416 e. The average Bonchev–Trinajstić information content (AvgIpc) is 2.66. The maximum atomic E-state index is 13.1. The van der Waals surface area contributed by atoms with E-state index in [1.807, 2.05) is 0 Å². The zero-order valence-corrected chi connectivity index (χ0v) is 15.4. The standard InChI is InChI=1S/C19H11Cl2F3N2O2/c20-14-5-4-13(9-15(14)21)28-17-6-3-12(19(22,23)24)8-16(17)26-18(27)11-2-1-7-25-10-11/h1-10H,(H,26,27). The van der Waals surface area contributed by atoms with Gasteiger partial charge in [-0.05, 0) is 42.5 Å². The predicted octanol–water partition coefficient (Wildman–Crippen LogP) is 6.45. The van der Waals surface area contributed by atoms with E-state index in [2.05, 4.69) is 10.3 Å². The second-order valence-electron chi connectivity index (χ2n) is 5.58. The molecule has 0 saturated heterocycles. The third-order valence-electron chi connectivity index (χ3n) is 3.60. The summed E-state index contributed by atoms with van der Waals surface area (Å²) in [6.07, 6.45) is -1.82. The monoisotopic (exact) mass is 426 g/mol. The lowest BCUT2D eigenvalue weighted by atomic mass is 10.1. The number of nitrogens with zero attached hydrogens (tertiary/aromatic N) is 1. The van der Waals surface area contributed by atoms with Crippen LogP contribution in [0.1, 0.15) is 15.9 Å².